The molecule has 0 heterocycles. The second kappa shape index (κ2) is 6.66. The molecule has 0 fully saturated rings. The maximum absolute atomic E-state index is 13.7. The predicted molar refractivity (Wildman–Crippen MR) is 81.3 cm³/mol. The first-order chi connectivity index (χ1) is 9.58. The van der Waals surface area contributed by atoms with Gasteiger partial charge in [0.15, 0.2) is 0 Å². The zero-order chi connectivity index (χ0) is 14.5. The molecule has 4 heteroatoms. The predicted octanol–water partition coefficient (Wildman–Crippen LogP) is 4.12. The van der Waals surface area contributed by atoms with E-state index in [2.05, 4.69) is 21.2 Å². The van der Waals surface area contributed by atoms with Crippen molar-refractivity contribution in [1.29, 1.82) is 0 Å². The number of carbonyl (C=O) groups excluding carboxylic acids is 1. The van der Waals surface area contributed by atoms with Gasteiger partial charge in [0, 0.05) is 11.0 Å². The summed E-state index contributed by atoms with van der Waals surface area (Å²) in [6, 6.07) is 14.3. The van der Waals surface area contributed by atoms with E-state index in [1.807, 2.05) is 37.3 Å². The number of hydrogen-bond donors (Lipinski definition) is 1. The van der Waals surface area contributed by atoms with E-state index in [0.717, 1.165) is 5.56 Å². The molecule has 1 atom stereocenters. The maximum Gasteiger partial charge on any atom is 0.254 e. The van der Waals surface area contributed by atoms with Crippen molar-refractivity contribution in [2.75, 3.05) is 6.54 Å². The van der Waals surface area contributed by atoms with Crippen LogP contribution in [0.4, 0.5) is 4.39 Å². The molecule has 2 nitrogen and oxygen atoms in total. The van der Waals surface area contributed by atoms with Crippen LogP contribution in [0.1, 0.15) is 28.8 Å². The molecule has 0 saturated carbocycles. The van der Waals surface area contributed by atoms with Gasteiger partial charge in [0.05, 0.1) is 5.56 Å². The second-order valence-corrected chi connectivity index (χ2v) is 5.56. The summed E-state index contributed by atoms with van der Waals surface area (Å²) in [5.74, 6) is -0.735. The zero-order valence-corrected chi connectivity index (χ0v) is 12.7. The SMILES string of the molecule is C[C@@H](CNC(=O)c1ccc(Br)cc1F)c1ccccc1. The van der Waals surface area contributed by atoms with Crippen LogP contribution in [0.15, 0.2) is 53.0 Å². The Balaban J connectivity index is 1.99. The highest BCUT2D eigenvalue weighted by molar-refractivity contribution is 9.10. The first kappa shape index (κ1) is 14.7. The topological polar surface area (TPSA) is 29.1 Å². The molecule has 2 rings (SSSR count). The molecule has 2 aromatic rings. The van der Waals surface area contributed by atoms with Gasteiger partial charge in [-0.15, -0.1) is 0 Å². The molecule has 0 aliphatic carbocycles. The van der Waals surface area contributed by atoms with E-state index in [1.165, 1.54) is 12.1 Å². The quantitative estimate of drug-likeness (QED) is 0.894. The normalized spacial score (nSPS) is 11.9. The molecule has 0 aliphatic heterocycles. The van der Waals surface area contributed by atoms with Crippen molar-refractivity contribution in [3.63, 3.8) is 0 Å². The Morgan fingerprint density at radius 2 is 1.95 bits per heavy atom. The van der Waals surface area contributed by atoms with Gasteiger partial charge in [-0.1, -0.05) is 53.2 Å². The number of nitrogens with one attached hydrogen (secondary N) is 1. The van der Waals surface area contributed by atoms with Gasteiger partial charge >= 0.3 is 0 Å². The molecule has 104 valence electrons. The van der Waals surface area contributed by atoms with E-state index >= 15 is 0 Å². The van der Waals surface area contributed by atoms with E-state index < -0.39 is 11.7 Å². The summed E-state index contributed by atoms with van der Waals surface area (Å²) >= 11 is 3.17. The molecular weight excluding hydrogens is 321 g/mol. The van der Waals surface area contributed by atoms with Gasteiger partial charge in [0.1, 0.15) is 5.82 Å². The van der Waals surface area contributed by atoms with Crippen molar-refractivity contribution >= 4 is 21.8 Å². The lowest BCUT2D eigenvalue weighted by molar-refractivity contribution is 0.0947. The summed E-state index contributed by atoms with van der Waals surface area (Å²) in [5.41, 5.74) is 1.21. The molecule has 0 spiro atoms. The second-order valence-electron chi connectivity index (χ2n) is 4.65. The van der Waals surface area contributed by atoms with Gasteiger partial charge in [-0.25, -0.2) is 4.39 Å². The molecule has 1 amide bonds. The van der Waals surface area contributed by atoms with Crippen molar-refractivity contribution in [2.45, 2.75) is 12.8 Å². The first-order valence-corrected chi connectivity index (χ1v) is 7.15. The summed E-state index contributed by atoms with van der Waals surface area (Å²) in [7, 11) is 0. The number of hydrogen-bond acceptors (Lipinski definition) is 1. The molecule has 0 saturated heterocycles. The van der Waals surface area contributed by atoms with Crippen LogP contribution >= 0.6 is 15.9 Å². The minimum absolute atomic E-state index is 0.0634. The van der Waals surface area contributed by atoms with Crippen molar-refractivity contribution in [2.24, 2.45) is 0 Å². The average molecular weight is 336 g/mol. The van der Waals surface area contributed by atoms with Crippen LogP contribution in [-0.4, -0.2) is 12.5 Å². The van der Waals surface area contributed by atoms with Gasteiger partial charge in [0.2, 0.25) is 0 Å². The minimum Gasteiger partial charge on any atom is -0.351 e. The summed E-state index contributed by atoms with van der Waals surface area (Å²) in [4.78, 5) is 11.9. The van der Waals surface area contributed by atoms with Gasteiger partial charge in [-0.2, -0.15) is 0 Å². The molecule has 20 heavy (non-hydrogen) atoms. The highest BCUT2D eigenvalue weighted by Gasteiger charge is 2.13. The fraction of sp³-hybridized carbons (Fsp3) is 0.188. The Hall–Kier alpha value is -1.68. The van der Waals surface area contributed by atoms with Crippen LogP contribution < -0.4 is 5.32 Å². The van der Waals surface area contributed by atoms with Crippen molar-refractivity contribution in [1.82, 2.24) is 5.32 Å². The van der Waals surface area contributed by atoms with Crippen LogP contribution in [0.2, 0.25) is 0 Å². The summed E-state index contributed by atoms with van der Waals surface area (Å²) in [5, 5.41) is 2.76. The molecule has 0 radical (unpaired) electrons. The highest BCUT2D eigenvalue weighted by atomic mass is 79.9. The fourth-order valence-corrected chi connectivity index (χ4v) is 2.25. The lowest BCUT2D eigenvalue weighted by atomic mass is 10.0. The fourth-order valence-electron chi connectivity index (χ4n) is 1.91. The molecule has 0 aromatic heterocycles. The zero-order valence-electron chi connectivity index (χ0n) is 11.1. The van der Waals surface area contributed by atoms with Gasteiger partial charge in [0.25, 0.3) is 5.91 Å². The summed E-state index contributed by atoms with van der Waals surface area (Å²) in [6.45, 7) is 2.49. The Morgan fingerprint density at radius 3 is 2.60 bits per heavy atom. The van der Waals surface area contributed by atoms with Crippen LogP contribution in [-0.2, 0) is 0 Å². The maximum atomic E-state index is 13.7. The van der Waals surface area contributed by atoms with Gasteiger partial charge in [-0.3, -0.25) is 4.79 Å². The molecule has 2 aromatic carbocycles. The molecule has 1 N–H and O–H groups in total. The third-order valence-electron chi connectivity index (χ3n) is 3.11. The summed E-state index contributed by atoms with van der Waals surface area (Å²) in [6.07, 6.45) is 0. The van der Waals surface area contributed by atoms with E-state index in [9.17, 15) is 9.18 Å². The number of amides is 1. The van der Waals surface area contributed by atoms with Crippen LogP contribution in [0, 0.1) is 5.82 Å². The van der Waals surface area contributed by atoms with Crippen molar-refractivity contribution in [3.8, 4) is 0 Å². The van der Waals surface area contributed by atoms with Crippen LogP contribution in [0.3, 0.4) is 0 Å². The van der Waals surface area contributed by atoms with Crippen LogP contribution in [0.25, 0.3) is 0 Å². The summed E-state index contributed by atoms with van der Waals surface area (Å²) < 4.78 is 14.3. The third-order valence-corrected chi connectivity index (χ3v) is 3.61. The monoisotopic (exact) mass is 335 g/mol. The standard InChI is InChI=1S/C16H15BrFNO/c1-11(12-5-3-2-4-6-12)10-19-16(20)14-8-7-13(17)9-15(14)18/h2-9,11H,10H2,1H3,(H,19,20)/t11-/m0/s1. The van der Waals surface area contributed by atoms with Crippen molar-refractivity contribution < 1.29 is 9.18 Å². The highest BCUT2D eigenvalue weighted by Crippen LogP contribution is 2.16. The molecule has 0 bridgehead atoms. The van der Waals surface area contributed by atoms with Crippen molar-refractivity contribution in [3.05, 3.63) is 69.9 Å². The molecule has 0 unspecified atom stereocenters. The Bertz CT molecular complexity index is 601. The smallest absolute Gasteiger partial charge is 0.254 e. The number of carbonyl (C=O) groups is 1. The number of halogens is 2. The lowest BCUT2D eigenvalue weighted by Gasteiger charge is -2.13. The third kappa shape index (κ3) is 3.67. The minimum atomic E-state index is -0.524. The molecular formula is C16H15BrFNO. The van der Waals surface area contributed by atoms with Crippen LogP contribution in [0.5, 0.6) is 0 Å². The Labute approximate surface area is 126 Å². The number of benzene rings is 2. The lowest BCUT2D eigenvalue weighted by Crippen LogP contribution is -2.28. The Kier molecular flexibility index (Phi) is 4.90. The van der Waals surface area contributed by atoms with E-state index in [4.69, 9.17) is 0 Å². The van der Waals surface area contributed by atoms with E-state index in [0.29, 0.717) is 11.0 Å². The number of rotatable bonds is 4. The average Bonchev–Trinajstić information content (AvgIpc) is 2.45. The van der Waals surface area contributed by atoms with Gasteiger partial charge in [-0.05, 0) is 29.7 Å². The van der Waals surface area contributed by atoms with E-state index in [-0.39, 0.29) is 11.5 Å². The largest absolute Gasteiger partial charge is 0.351 e. The first-order valence-electron chi connectivity index (χ1n) is 6.36. The van der Waals surface area contributed by atoms with E-state index in [1.54, 1.807) is 6.07 Å². The molecule has 0 aliphatic rings. The Morgan fingerprint density at radius 1 is 1.25 bits per heavy atom. The van der Waals surface area contributed by atoms with Gasteiger partial charge < -0.3 is 5.32 Å².